The summed E-state index contributed by atoms with van der Waals surface area (Å²) in [6.07, 6.45) is -3.17. The van der Waals surface area contributed by atoms with Crippen LogP contribution in [-0.2, 0) is 9.59 Å². The first-order chi connectivity index (χ1) is 19.3. The molecule has 0 bridgehead atoms. The van der Waals surface area contributed by atoms with E-state index < -0.39 is 54.2 Å². The van der Waals surface area contributed by atoms with Gasteiger partial charge in [0.05, 0.1) is 12.0 Å². The molecule has 2 aromatic rings. The van der Waals surface area contributed by atoms with Crippen molar-refractivity contribution in [2.45, 2.75) is 76.4 Å². The zero-order chi connectivity index (χ0) is 30.2. The number of amides is 1. The van der Waals surface area contributed by atoms with Crippen LogP contribution in [0.3, 0.4) is 0 Å². The van der Waals surface area contributed by atoms with Crippen molar-refractivity contribution in [3.8, 4) is 0 Å². The first-order valence-corrected chi connectivity index (χ1v) is 14.0. The smallest absolute Gasteiger partial charge is 0.407 e. The lowest BCUT2D eigenvalue weighted by molar-refractivity contribution is -0.161. The van der Waals surface area contributed by atoms with Crippen LogP contribution < -0.4 is 20.9 Å². The molecule has 0 spiro atoms. The van der Waals surface area contributed by atoms with Gasteiger partial charge in [0, 0.05) is 43.5 Å². The fourth-order valence-electron chi connectivity index (χ4n) is 4.98. The number of halogens is 4. The van der Waals surface area contributed by atoms with Crippen molar-refractivity contribution in [2.24, 2.45) is 5.92 Å². The number of nitrogens with zero attached hydrogens (tertiary/aromatic N) is 1. The Bertz CT molecular complexity index is 1120. The molecular weight excluding hydrogens is 540 g/mol. The van der Waals surface area contributed by atoms with Crippen LogP contribution in [0.5, 0.6) is 0 Å². The molecule has 7 nitrogen and oxygen atoms in total. The van der Waals surface area contributed by atoms with Crippen LogP contribution >= 0.6 is 0 Å². The maximum atomic E-state index is 14.6. The fraction of sp³-hybridized carbons (Fsp3) is 0.533. The number of rotatable bonds is 13. The van der Waals surface area contributed by atoms with Crippen LogP contribution in [0.15, 0.2) is 54.6 Å². The van der Waals surface area contributed by atoms with Crippen molar-refractivity contribution in [2.75, 3.05) is 29.9 Å². The summed E-state index contributed by atoms with van der Waals surface area (Å²) in [7, 11) is 0. The number of hydrogen-bond acceptors (Lipinski definition) is 5. The number of carbonyl (C=O) groups excluding carboxylic acids is 1. The van der Waals surface area contributed by atoms with Crippen molar-refractivity contribution < 1.29 is 32.3 Å². The number of carboxylic acids is 1. The Balaban J connectivity index is 1.64. The van der Waals surface area contributed by atoms with E-state index >= 15 is 0 Å². The average molecular weight is 581 g/mol. The number of alkyl halides is 4. The number of carbonyl (C=O) groups is 2. The third kappa shape index (κ3) is 9.91. The summed E-state index contributed by atoms with van der Waals surface area (Å²) >= 11 is 0. The third-order valence-corrected chi connectivity index (χ3v) is 7.23. The second kappa shape index (κ2) is 14.0. The number of carboxylic acid groups (broad SMARTS) is 1. The standard InChI is InChI=1S/C30H40F4N4O3/c1-4-22(18-35-23-12-14-24(15-13-23)38-16-8-11-21(19-38)28(40)41)36-27(39)25(17-29(2,3)31)37-26(30(32,33)34)20-9-6-5-7-10-20/h5-7,9-10,12-15,21-22,25-26,35,37H,4,8,11,16-19H2,1-3H3,(H,36,39)(H,40,41)/t21-,22+,25+,26+/m1/s1. The minimum Gasteiger partial charge on any atom is -0.481 e. The highest BCUT2D eigenvalue weighted by molar-refractivity contribution is 5.82. The molecule has 2 aromatic carbocycles. The monoisotopic (exact) mass is 580 g/mol. The molecule has 1 amide bonds. The van der Waals surface area contributed by atoms with Gasteiger partial charge in [-0.25, -0.2) is 4.39 Å². The average Bonchev–Trinajstić information content (AvgIpc) is 2.92. The molecular formula is C30H40F4N4O3. The highest BCUT2D eigenvalue weighted by Crippen LogP contribution is 2.34. The Morgan fingerprint density at radius 1 is 1.05 bits per heavy atom. The Morgan fingerprint density at radius 3 is 2.27 bits per heavy atom. The van der Waals surface area contributed by atoms with E-state index in [9.17, 15) is 32.3 Å². The molecule has 0 radical (unpaired) electrons. The zero-order valence-corrected chi connectivity index (χ0v) is 23.7. The van der Waals surface area contributed by atoms with E-state index in [1.807, 2.05) is 36.1 Å². The topological polar surface area (TPSA) is 93.7 Å². The predicted octanol–water partition coefficient (Wildman–Crippen LogP) is 5.69. The van der Waals surface area contributed by atoms with Crippen molar-refractivity contribution in [3.63, 3.8) is 0 Å². The van der Waals surface area contributed by atoms with Gasteiger partial charge in [-0.15, -0.1) is 0 Å². The molecule has 0 aromatic heterocycles. The molecule has 1 aliphatic rings. The summed E-state index contributed by atoms with van der Waals surface area (Å²) in [6.45, 7) is 5.85. The Hall–Kier alpha value is -3.34. The van der Waals surface area contributed by atoms with Gasteiger partial charge < -0.3 is 20.6 Å². The maximum Gasteiger partial charge on any atom is 0.407 e. The van der Waals surface area contributed by atoms with Gasteiger partial charge >= 0.3 is 12.1 Å². The highest BCUT2D eigenvalue weighted by Gasteiger charge is 2.43. The Morgan fingerprint density at radius 2 is 1.71 bits per heavy atom. The van der Waals surface area contributed by atoms with Crippen LogP contribution in [0.25, 0.3) is 0 Å². The van der Waals surface area contributed by atoms with Crippen LogP contribution in [0.4, 0.5) is 28.9 Å². The molecule has 0 unspecified atom stereocenters. The molecule has 3 rings (SSSR count). The summed E-state index contributed by atoms with van der Waals surface area (Å²) in [4.78, 5) is 26.6. The van der Waals surface area contributed by atoms with Gasteiger partial charge in [-0.1, -0.05) is 37.3 Å². The minimum absolute atomic E-state index is 0.0605. The number of anilines is 2. The molecule has 1 saturated heterocycles. The molecule has 11 heteroatoms. The minimum atomic E-state index is -4.69. The van der Waals surface area contributed by atoms with Gasteiger partial charge in [0.15, 0.2) is 0 Å². The molecule has 4 atom stereocenters. The van der Waals surface area contributed by atoms with Crippen LogP contribution in [0.1, 0.15) is 58.1 Å². The second-order valence-corrected chi connectivity index (χ2v) is 11.2. The van der Waals surface area contributed by atoms with Gasteiger partial charge in [0.25, 0.3) is 0 Å². The van der Waals surface area contributed by atoms with Crippen molar-refractivity contribution in [3.05, 3.63) is 60.2 Å². The van der Waals surface area contributed by atoms with E-state index in [4.69, 9.17) is 0 Å². The second-order valence-electron chi connectivity index (χ2n) is 11.2. The number of aliphatic carboxylic acids is 1. The SMILES string of the molecule is CC[C@@H](CNc1ccc(N2CCC[C@@H](C(=O)O)C2)cc1)NC(=O)[C@H](CC(C)(C)F)N[C@@H](c1ccccc1)C(F)(F)F. The van der Waals surface area contributed by atoms with E-state index in [-0.39, 0.29) is 5.56 Å². The lowest BCUT2D eigenvalue weighted by Gasteiger charge is -2.32. The number of benzene rings is 2. The summed E-state index contributed by atoms with van der Waals surface area (Å²) in [5, 5.41) is 17.7. The van der Waals surface area contributed by atoms with E-state index in [2.05, 4.69) is 16.0 Å². The summed E-state index contributed by atoms with van der Waals surface area (Å²) in [5.74, 6) is -1.89. The third-order valence-electron chi connectivity index (χ3n) is 7.23. The quantitative estimate of drug-likeness (QED) is 0.228. The lowest BCUT2D eigenvalue weighted by Crippen LogP contribution is -2.53. The van der Waals surface area contributed by atoms with E-state index in [1.54, 1.807) is 6.07 Å². The largest absolute Gasteiger partial charge is 0.481 e. The fourth-order valence-corrected chi connectivity index (χ4v) is 4.98. The Labute approximate surface area is 238 Å². The van der Waals surface area contributed by atoms with Crippen molar-refractivity contribution in [1.29, 1.82) is 0 Å². The van der Waals surface area contributed by atoms with Gasteiger partial charge in [-0.05, 0) is 62.9 Å². The zero-order valence-electron chi connectivity index (χ0n) is 23.7. The van der Waals surface area contributed by atoms with Crippen molar-refractivity contribution >= 4 is 23.3 Å². The first kappa shape index (κ1) is 32.2. The molecule has 1 aliphatic heterocycles. The molecule has 0 saturated carbocycles. The van der Waals surface area contributed by atoms with Crippen LogP contribution in [-0.4, -0.2) is 60.5 Å². The van der Waals surface area contributed by atoms with E-state index in [0.29, 0.717) is 25.9 Å². The summed E-state index contributed by atoms with van der Waals surface area (Å²) in [6, 6.07) is 10.7. The van der Waals surface area contributed by atoms with Crippen LogP contribution in [0.2, 0.25) is 0 Å². The molecule has 41 heavy (non-hydrogen) atoms. The van der Waals surface area contributed by atoms with Gasteiger partial charge in [0.2, 0.25) is 5.91 Å². The van der Waals surface area contributed by atoms with Crippen molar-refractivity contribution in [1.82, 2.24) is 10.6 Å². The molecule has 0 aliphatic carbocycles. The van der Waals surface area contributed by atoms with Gasteiger partial charge in [-0.3, -0.25) is 14.9 Å². The van der Waals surface area contributed by atoms with Gasteiger partial charge in [-0.2, -0.15) is 13.2 Å². The normalized spacial score (nSPS) is 18.3. The van der Waals surface area contributed by atoms with Crippen LogP contribution in [0, 0.1) is 5.92 Å². The molecule has 4 N–H and O–H groups in total. The molecule has 226 valence electrons. The Kier molecular flexibility index (Phi) is 11.0. The predicted molar refractivity (Wildman–Crippen MR) is 152 cm³/mol. The van der Waals surface area contributed by atoms with Gasteiger partial charge in [0.1, 0.15) is 11.7 Å². The van der Waals surface area contributed by atoms with E-state index in [0.717, 1.165) is 24.3 Å². The molecule has 1 heterocycles. The molecule has 1 fully saturated rings. The maximum absolute atomic E-state index is 14.6. The summed E-state index contributed by atoms with van der Waals surface area (Å²) in [5.41, 5.74) is -0.256. The first-order valence-electron chi connectivity index (χ1n) is 14.0. The highest BCUT2D eigenvalue weighted by atomic mass is 19.4. The number of nitrogens with one attached hydrogen (secondary N) is 3. The lowest BCUT2D eigenvalue weighted by atomic mass is 9.97. The number of piperidine rings is 1. The summed E-state index contributed by atoms with van der Waals surface area (Å²) < 4.78 is 56.5. The van der Waals surface area contributed by atoms with E-state index in [1.165, 1.54) is 38.1 Å². The number of hydrogen-bond donors (Lipinski definition) is 4.